The van der Waals surface area contributed by atoms with Crippen molar-refractivity contribution in [3.63, 3.8) is 0 Å². The van der Waals surface area contributed by atoms with Crippen molar-refractivity contribution in [2.75, 3.05) is 0 Å². The Kier molecular flexibility index (Phi) is 6.85. The lowest BCUT2D eigenvalue weighted by atomic mass is 10.1. The third-order valence-electron chi connectivity index (χ3n) is 4.16. The van der Waals surface area contributed by atoms with Crippen molar-refractivity contribution in [1.29, 1.82) is 0 Å². The number of nitrogens with one attached hydrogen (secondary N) is 1. The number of tetrazole rings is 1. The normalized spacial score (nSPS) is 11.8. The molecule has 28 heavy (non-hydrogen) atoms. The fraction of sp³-hybridized carbons (Fsp3) is 0.316. The third kappa shape index (κ3) is 5.46. The SMILES string of the molecule is CCC(NC(=O)OCc1ccccc1)C(=O)Cn1nnnc1Cc1ccsc1. The van der Waals surface area contributed by atoms with Crippen LogP contribution >= 0.6 is 11.3 Å². The zero-order chi connectivity index (χ0) is 19.8. The monoisotopic (exact) mass is 399 g/mol. The Morgan fingerprint density at radius 3 is 2.75 bits per heavy atom. The molecular weight excluding hydrogens is 378 g/mol. The van der Waals surface area contributed by atoms with Gasteiger partial charge >= 0.3 is 6.09 Å². The number of carbonyl (C=O) groups is 2. The van der Waals surface area contributed by atoms with Crippen LogP contribution in [-0.2, 0) is 29.1 Å². The fourth-order valence-electron chi connectivity index (χ4n) is 2.62. The van der Waals surface area contributed by atoms with Crippen LogP contribution in [0.3, 0.4) is 0 Å². The molecule has 3 aromatic rings. The highest BCUT2D eigenvalue weighted by atomic mass is 32.1. The van der Waals surface area contributed by atoms with Crippen LogP contribution in [0.15, 0.2) is 47.2 Å². The van der Waals surface area contributed by atoms with E-state index in [9.17, 15) is 9.59 Å². The number of nitrogens with zero attached hydrogens (tertiary/aromatic N) is 4. The molecule has 2 aromatic heterocycles. The molecule has 0 saturated heterocycles. The summed E-state index contributed by atoms with van der Waals surface area (Å²) >= 11 is 1.59. The van der Waals surface area contributed by atoms with Gasteiger partial charge in [0.25, 0.3) is 0 Å². The van der Waals surface area contributed by atoms with E-state index in [2.05, 4.69) is 20.8 Å². The number of ether oxygens (including phenoxy) is 1. The highest BCUT2D eigenvalue weighted by Gasteiger charge is 2.22. The standard InChI is InChI=1S/C19H21N5O3S/c1-2-16(20-19(26)27-12-14-6-4-3-5-7-14)17(25)11-24-18(21-22-23-24)10-15-8-9-28-13-15/h3-9,13,16H,2,10-12H2,1H3,(H,20,26). The molecule has 8 nitrogen and oxygen atoms in total. The number of hydrogen-bond acceptors (Lipinski definition) is 7. The van der Waals surface area contributed by atoms with Crippen LogP contribution in [-0.4, -0.2) is 38.1 Å². The van der Waals surface area contributed by atoms with Gasteiger partial charge in [-0.2, -0.15) is 11.3 Å². The number of amides is 1. The van der Waals surface area contributed by atoms with Crippen LogP contribution in [0, 0.1) is 0 Å². The Labute approximate surface area is 166 Å². The minimum Gasteiger partial charge on any atom is -0.445 e. The first-order chi connectivity index (χ1) is 13.7. The smallest absolute Gasteiger partial charge is 0.408 e. The van der Waals surface area contributed by atoms with Gasteiger partial charge in [-0.25, -0.2) is 9.48 Å². The van der Waals surface area contributed by atoms with Crippen LogP contribution in [0.2, 0.25) is 0 Å². The summed E-state index contributed by atoms with van der Waals surface area (Å²) in [7, 11) is 0. The average molecular weight is 399 g/mol. The zero-order valence-corrected chi connectivity index (χ0v) is 16.3. The van der Waals surface area contributed by atoms with E-state index in [1.807, 2.05) is 54.1 Å². The summed E-state index contributed by atoms with van der Waals surface area (Å²) in [6, 6.07) is 10.7. The van der Waals surface area contributed by atoms with Gasteiger partial charge in [0.15, 0.2) is 11.6 Å². The molecule has 9 heteroatoms. The molecule has 0 radical (unpaired) electrons. The molecule has 1 aromatic carbocycles. The van der Waals surface area contributed by atoms with E-state index >= 15 is 0 Å². The van der Waals surface area contributed by atoms with E-state index in [1.165, 1.54) is 4.68 Å². The van der Waals surface area contributed by atoms with Crippen molar-refractivity contribution in [1.82, 2.24) is 25.5 Å². The van der Waals surface area contributed by atoms with Crippen molar-refractivity contribution in [3.05, 3.63) is 64.1 Å². The fourth-order valence-corrected chi connectivity index (χ4v) is 3.29. The molecule has 1 atom stereocenters. The third-order valence-corrected chi connectivity index (χ3v) is 4.89. The molecule has 1 N–H and O–H groups in total. The van der Waals surface area contributed by atoms with Gasteiger partial charge in [0, 0.05) is 6.42 Å². The van der Waals surface area contributed by atoms with Crippen molar-refractivity contribution in [3.8, 4) is 0 Å². The minimum atomic E-state index is -0.665. The Morgan fingerprint density at radius 1 is 1.21 bits per heavy atom. The van der Waals surface area contributed by atoms with Gasteiger partial charge in [0.1, 0.15) is 13.2 Å². The summed E-state index contributed by atoms with van der Waals surface area (Å²) in [5, 5.41) is 18.2. The first-order valence-electron chi connectivity index (χ1n) is 8.91. The van der Waals surface area contributed by atoms with Crippen LogP contribution in [0.5, 0.6) is 0 Å². The predicted octanol–water partition coefficient (Wildman–Crippen LogP) is 2.60. The van der Waals surface area contributed by atoms with Gasteiger partial charge in [0.05, 0.1) is 6.04 Å². The molecule has 0 bridgehead atoms. The molecule has 1 unspecified atom stereocenters. The van der Waals surface area contributed by atoms with E-state index in [4.69, 9.17) is 4.74 Å². The maximum atomic E-state index is 12.6. The topological polar surface area (TPSA) is 99.0 Å². The second kappa shape index (κ2) is 9.75. The highest BCUT2D eigenvalue weighted by Crippen LogP contribution is 2.11. The largest absolute Gasteiger partial charge is 0.445 e. The van der Waals surface area contributed by atoms with Crippen LogP contribution in [0.1, 0.15) is 30.3 Å². The molecule has 2 heterocycles. The number of benzene rings is 1. The van der Waals surface area contributed by atoms with Crippen molar-refractivity contribution in [2.45, 2.75) is 39.0 Å². The Morgan fingerprint density at radius 2 is 2.04 bits per heavy atom. The summed E-state index contributed by atoms with van der Waals surface area (Å²) < 4.78 is 6.66. The van der Waals surface area contributed by atoms with Crippen molar-refractivity contribution < 1.29 is 14.3 Å². The molecule has 0 aliphatic carbocycles. The molecule has 0 saturated carbocycles. The molecule has 3 rings (SSSR count). The number of carbonyl (C=O) groups excluding carboxylic acids is 2. The molecule has 0 spiro atoms. The summed E-state index contributed by atoms with van der Waals surface area (Å²) in [6.07, 6.45) is 0.369. The number of ketones is 1. The first-order valence-corrected chi connectivity index (χ1v) is 9.86. The number of Topliss-reactive ketones (excluding diaryl/α,β-unsaturated/α-hetero) is 1. The van der Waals surface area contributed by atoms with Gasteiger partial charge < -0.3 is 10.1 Å². The highest BCUT2D eigenvalue weighted by molar-refractivity contribution is 7.07. The summed E-state index contributed by atoms with van der Waals surface area (Å²) in [6.45, 7) is 1.96. The van der Waals surface area contributed by atoms with Crippen LogP contribution in [0.25, 0.3) is 0 Å². The Balaban J connectivity index is 1.53. The second-order valence-corrected chi connectivity index (χ2v) is 6.97. The molecular formula is C19H21N5O3S. The van der Waals surface area contributed by atoms with Crippen LogP contribution in [0.4, 0.5) is 4.79 Å². The Hall–Kier alpha value is -3.07. The van der Waals surface area contributed by atoms with E-state index in [0.29, 0.717) is 18.7 Å². The summed E-state index contributed by atoms with van der Waals surface area (Å²) in [5.41, 5.74) is 1.96. The van der Waals surface area contributed by atoms with E-state index < -0.39 is 12.1 Å². The van der Waals surface area contributed by atoms with Gasteiger partial charge in [-0.05, 0) is 44.8 Å². The average Bonchev–Trinajstić information content (AvgIpc) is 3.38. The van der Waals surface area contributed by atoms with Gasteiger partial charge in [-0.1, -0.05) is 37.3 Å². The first kappa shape index (κ1) is 19.7. The lowest BCUT2D eigenvalue weighted by Crippen LogP contribution is -2.42. The molecule has 146 valence electrons. The van der Waals surface area contributed by atoms with E-state index in [0.717, 1.165) is 11.1 Å². The van der Waals surface area contributed by atoms with E-state index in [-0.39, 0.29) is 18.9 Å². The number of aromatic nitrogens is 4. The number of alkyl carbamates (subject to hydrolysis) is 1. The summed E-state index contributed by atoms with van der Waals surface area (Å²) in [5.74, 6) is 0.422. The lowest BCUT2D eigenvalue weighted by molar-refractivity contribution is -0.121. The lowest BCUT2D eigenvalue weighted by Gasteiger charge is -2.16. The molecule has 0 aliphatic rings. The quantitative estimate of drug-likeness (QED) is 0.594. The Bertz CT molecular complexity index is 895. The zero-order valence-electron chi connectivity index (χ0n) is 15.4. The molecule has 1 amide bonds. The maximum Gasteiger partial charge on any atom is 0.408 e. The van der Waals surface area contributed by atoms with Crippen LogP contribution < -0.4 is 5.32 Å². The molecule has 0 aliphatic heterocycles. The van der Waals surface area contributed by atoms with Gasteiger partial charge in [-0.15, -0.1) is 5.10 Å². The second-order valence-electron chi connectivity index (χ2n) is 6.19. The van der Waals surface area contributed by atoms with Crippen molar-refractivity contribution >= 4 is 23.2 Å². The van der Waals surface area contributed by atoms with E-state index in [1.54, 1.807) is 11.3 Å². The van der Waals surface area contributed by atoms with Gasteiger partial charge in [-0.3, -0.25) is 4.79 Å². The number of thiophene rings is 1. The summed E-state index contributed by atoms with van der Waals surface area (Å²) in [4.78, 5) is 24.7. The maximum absolute atomic E-state index is 12.6. The van der Waals surface area contributed by atoms with Crippen molar-refractivity contribution in [2.24, 2.45) is 0 Å². The number of rotatable bonds is 9. The van der Waals surface area contributed by atoms with Gasteiger partial charge in [0.2, 0.25) is 0 Å². The number of hydrogen-bond donors (Lipinski definition) is 1. The minimum absolute atomic E-state index is 0.00998. The predicted molar refractivity (Wildman–Crippen MR) is 104 cm³/mol. The molecule has 0 fully saturated rings.